The monoisotopic (exact) mass is 1600 g/mol. The Morgan fingerprint density at radius 1 is 0.375 bits per heavy atom. The minimum atomic E-state index is -4.14. The molecule has 45 heteroatoms. The normalized spacial score (nSPS) is 11.9. The van der Waals surface area contributed by atoms with Gasteiger partial charge in [0.15, 0.2) is 108 Å². The van der Waals surface area contributed by atoms with Gasteiger partial charge >= 0.3 is 44.1 Å². The molecule has 0 aliphatic heterocycles. The molecule has 0 radical (unpaired) electrons. The lowest BCUT2D eigenvalue weighted by molar-refractivity contribution is -0.149. The van der Waals surface area contributed by atoms with Gasteiger partial charge in [0, 0.05) is 48.7 Å². The summed E-state index contributed by atoms with van der Waals surface area (Å²) in [4.78, 5) is 50.8. The van der Waals surface area contributed by atoms with Crippen LogP contribution in [-0.4, -0.2) is 216 Å². The van der Waals surface area contributed by atoms with E-state index in [1.807, 2.05) is 0 Å². The molecule has 0 saturated carbocycles. The van der Waals surface area contributed by atoms with Gasteiger partial charge in [-0.3, -0.25) is 13.2 Å². The Kier molecular flexibility index (Phi) is 47.7. The number of carbonyl (C=O) groups excluding carboxylic acids is 5. The van der Waals surface area contributed by atoms with Gasteiger partial charge in [0.25, 0.3) is 0 Å². The van der Waals surface area contributed by atoms with Gasteiger partial charge in [0.1, 0.15) is 36.2 Å². The highest BCUT2D eigenvalue weighted by Gasteiger charge is 2.36. The lowest BCUT2D eigenvalue weighted by atomic mass is 10.2. The molecule has 0 amide bonds. The van der Waals surface area contributed by atoms with E-state index in [0.29, 0.717) is 0 Å². The van der Waals surface area contributed by atoms with Gasteiger partial charge in [-0.05, 0) is 83.1 Å². The number of nitrogens with zero attached hydrogens (tertiary/aromatic N) is 1. The average Bonchev–Trinajstić information content (AvgIpc) is 0.827. The maximum absolute atomic E-state index is 11.6. The number of carbonyl (C=O) groups is 5. The molecule has 0 spiro atoms. The summed E-state index contributed by atoms with van der Waals surface area (Å²) in [6.07, 6.45) is 6.02. The topological polar surface area (TPSA) is 540 Å². The summed E-state index contributed by atoms with van der Waals surface area (Å²) in [6, 6.07) is 1.35. The van der Waals surface area contributed by atoms with Gasteiger partial charge in [-0.15, -0.1) is 0 Å². The summed E-state index contributed by atoms with van der Waals surface area (Å²) in [5.74, 6) is -4.10. The van der Waals surface area contributed by atoms with Gasteiger partial charge in [-0.1, -0.05) is 59.2 Å². The standard InChI is InChI=1S/2C8H14O4S.C7H14O2S.C6H10O4S.C5H8O4S.C5H8O3S.C4H5NO3S.C4H8O5S2.C4H8O4S2/c1-6(13(5,10)11)7(9)12-8(2,3)4;1-6(7(9)12-5)13(10,11)8(2,3)4;1-6(2)10(8,9)7(3,4)5;1-4-10-6(7)5(2)11(3,8)9;1-4(5(6)9-2)10(3,7)8;1-4(6)5(2)9(3,7)8;1-4(3-5)9(6,7)8-2;1-4(10(3,5)6)11(7,8)9-2;1-4(9(2,5)6)10(3,7)8/h2*1H2,2-5H3;1H2,2-5H3;2,4H2,1,3H3;1H2,2-3H3;2H2,1,3H3;1H2,2H3;1H2,2-3H3;1H2,2-3H3. The lowest BCUT2D eigenvalue weighted by Crippen LogP contribution is -2.31. The molecular weight excluding hydrogens is 1510 g/mol. The van der Waals surface area contributed by atoms with E-state index in [4.69, 9.17) is 10.00 Å². The van der Waals surface area contributed by atoms with E-state index in [1.54, 1.807) is 48.5 Å². The first kappa shape index (κ1) is 109. The number of methoxy groups -OCH3 is 2. The molecule has 0 aliphatic carbocycles. The first-order valence-electron chi connectivity index (χ1n) is 24.6. The molecule has 0 unspecified atom stereocenters. The minimum absolute atomic E-state index is 0.146. The predicted octanol–water partition coefficient (Wildman–Crippen LogP) is 2.49. The zero-order valence-corrected chi connectivity index (χ0v) is 66.5. The Morgan fingerprint density at radius 3 is 0.760 bits per heavy atom. The maximum atomic E-state index is 11.6. The summed E-state index contributed by atoms with van der Waals surface area (Å²) in [5, 5.41) is 7.99. The van der Waals surface area contributed by atoms with Crippen molar-refractivity contribution in [2.45, 2.75) is 98.2 Å². The van der Waals surface area contributed by atoms with Crippen molar-refractivity contribution in [2.75, 3.05) is 78.8 Å². The maximum Gasteiger partial charge on any atom is 0.349 e. The Morgan fingerprint density at radius 2 is 0.635 bits per heavy atom. The third kappa shape index (κ3) is 47.9. The van der Waals surface area contributed by atoms with Crippen LogP contribution in [0, 0.1) is 11.3 Å². The fourth-order valence-electron chi connectivity index (χ4n) is 3.20. The van der Waals surface area contributed by atoms with Gasteiger partial charge in [-0.25, -0.2) is 94.9 Å². The van der Waals surface area contributed by atoms with Gasteiger partial charge in [0.2, 0.25) is 0 Å². The Bertz CT molecular complexity index is 4280. The number of Topliss-reactive ketones (excluding diaryl/α,β-unsaturated/α-hetero) is 1. The molecular formula is C51H89NO33S11. The van der Waals surface area contributed by atoms with Crippen molar-refractivity contribution in [3.8, 4) is 6.07 Å². The van der Waals surface area contributed by atoms with Gasteiger partial charge in [0.05, 0.1) is 44.5 Å². The van der Waals surface area contributed by atoms with E-state index in [9.17, 15) is 117 Å². The summed E-state index contributed by atoms with van der Waals surface area (Å²) in [7, 11) is -35.6. The van der Waals surface area contributed by atoms with Crippen LogP contribution in [0.2, 0.25) is 0 Å². The van der Waals surface area contributed by atoms with Crippen LogP contribution in [0.5, 0.6) is 0 Å². The molecule has 34 nitrogen and oxygen atoms in total. The summed E-state index contributed by atoms with van der Waals surface area (Å²) in [6.45, 7) is 46.6. The molecule has 0 bridgehead atoms. The molecule has 0 aromatic carbocycles. The predicted molar refractivity (Wildman–Crippen MR) is 364 cm³/mol. The SMILES string of the molecule is C=C(C#N)S(=O)(=O)OC.C=C(C(=O)OC(C)(C)C)S(C)(=O)=O.C=C(C(=O)OC)S(=O)(=O)C(C)(C)C.C=C(C(=O)OC)S(C)(=O)=O.C=C(C(=O)OCC)S(C)(=O)=O.C=C(C(C)=O)S(C)(=O)=O.C=C(C)S(=O)(=O)C(C)(C)C.C=C(S(C)(=O)=O)S(=O)(=O)OC.C=C(S(C)(=O)=O)S(C)(=O)=O. The second-order valence-corrected chi connectivity index (χ2v) is 44.6. The number of nitriles is 1. The first-order valence-corrected chi connectivity index (χ1v) is 43.6. The second-order valence-electron chi connectivity index (χ2n) is 20.7. The van der Waals surface area contributed by atoms with Crippen molar-refractivity contribution in [1.29, 1.82) is 5.26 Å². The van der Waals surface area contributed by atoms with E-state index >= 15 is 0 Å². The summed E-state index contributed by atoms with van der Waals surface area (Å²) >= 11 is 0. The third-order valence-corrected chi connectivity index (χ3v) is 26.2. The molecule has 0 aliphatic rings. The number of hydrogen-bond donors (Lipinski definition) is 0. The van der Waals surface area contributed by atoms with Crippen LogP contribution in [0.15, 0.2) is 102 Å². The molecule has 0 rings (SSSR count). The Hall–Kier alpha value is -5.93. The van der Waals surface area contributed by atoms with E-state index in [-0.39, 0.29) is 16.4 Å². The number of sulfone groups is 9. The number of allylic oxidation sites excluding steroid dienone is 3. The summed E-state index contributed by atoms with van der Waals surface area (Å²) < 4.78 is 258. The second kappa shape index (κ2) is 42.1. The summed E-state index contributed by atoms with van der Waals surface area (Å²) in [5.41, 5.74) is -0.704. The zero-order chi connectivity index (χ0) is 80.7. The van der Waals surface area contributed by atoms with Crippen molar-refractivity contribution < 1.29 is 144 Å². The van der Waals surface area contributed by atoms with Crippen molar-refractivity contribution in [2.24, 2.45) is 0 Å². The van der Waals surface area contributed by atoms with Crippen LogP contribution in [0.1, 0.15) is 83.1 Å². The van der Waals surface area contributed by atoms with Crippen molar-refractivity contribution in [3.63, 3.8) is 0 Å². The molecule has 0 aromatic rings. The highest BCUT2D eigenvalue weighted by Crippen LogP contribution is 2.23. The fraction of sp³-hybridized carbons (Fsp3) is 0.529. The first-order chi connectivity index (χ1) is 41.4. The van der Waals surface area contributed by atoms with Crippen LogP contribution in [0.3, 0.4) is 0 Å². The largest absolute Gasteiger partial charge is 0.465 e. The molecule has 0 atom stereocenters. The highest BCUT2D eigenvalue weighted by molar-refractivity contribution is 8.13. The van der Waals surface area contributed by atoms with Crippen molar-refractivity contribution in [3.05, 3.63) is 102 Å². The molecule has 0 aromatic heterocycles. The van der Waals surface area contributed by atoms with Crippen LogP contribution < -0.4 is 0 Å². The van der Waals surface area contributed by atoms with Crippen molar-refractivity contribution in [1.82, 2.24) is 0 Å². The number of ether oxygens (including phenoxy) is 4. The smallest absolute Gasteiger partial charge is 0.349 e. The van der Waals surface area contributed by atoms with E-state index in [0.717, 1.165) is 72.2 Å². The van der Waals surface area contributed by atoms with Crippen LogP contribution in [0.4, 0.5) is 0 Å². The molecule has 0 saturated heterocycles. The van der Waals surface area contributed by atoms with Gasteiger partial charge in [-0.2, -0.15) is 22.1 Å². The quantitative estimate of drug-likeness (QED) is 0.0589. The van der Waals surface area contributed by atoms with E-state index in [1.165, 1.54) is 40.7 Å². The van der Waals surface area contributed by atoms with Crippen LogP contribution >= 0.6 is 0 Å². The molecule has 0 heterocycles. The third-order valence-electron chi connectivity index (χ3n) is 8.92. The zero-order valence-electron chi connectivity index (χ0n) is 57.5. The highest BCUT2D eigenvalue weighted by atomic mass is 32.3. The molecule has 96 heavy (non-hydrogen) atoms. The lowest BCUT2D eigenvalue weighted by Gasteiger charge is -2.19. The minimum Gasteiger partial charge on any atom is -0.465 e. The fourth-order valence-corrected chi connectivity index (χ4v) is 11.3. The molecule has 0 fully saturated rings. The van der Waals surface area contributed by atoms with Gasteiger partial charge < -0.3 is 18.9 Å². The number of esters is 4. The van der Waals surface area contributed by atoms with Crippen LogP contribution in [0.25, 0.3) is 0 Å². The average molecular weight is 1600 g/mol. The Balaban J connectivity index is -0.000000127. The Labute approximate surface area is 568 Å². The van der Waals surface area contributed by atoms with E-state index in [2.05, 4.69) is 81.8 Å². The molecule has 0 N–H and O–H groups in total. The molecule has 562 valence electrons. The number of rotatable bonds is 19. The van der Waals surface area contributed by atoms with Crippen LogP contribution in [-0.2, 0) is 160 Å². The number of hydrogen-bond acceptors (Lipinski definition) is 34. The van der Waals surface area contributed by atoms with E-state index < -0.39 is 187 Å². The number of ketones is 1. The van der Waals surface area contributed by atoms with Crippen molar-refractivity contribution >= 4 is 138 Å².